The number of rotatable bonds is 4. The molecule has 0 radical (unpaired) electrons. The molecular weight excluding hydrogens is 264 g/mol. The van der Waals surface area contributed by atoms with Gasteiger partial charge in [-0.2, -0.15) is 5.10 Å². The number of nitrogens with zero attached hydrogens (tertiary/aromatic N) is 2. The molecule has 0 unspecified atom stereocenters. The fraction of sp³-hybridized carbons (Fsp3) is 0.176. The van der Waals surface area contributed by atoms with Crippen LogP contribution in [0.3, 0.4) is 0 Å². The zero-order valence-corrected chi connectivity index (χ0v) is 12.0. The van der Waals surface area contributed by atoms with E-state index in [-0.39, 0.29) is 5.78 Å². The standard InChI is InChI=1S/C17H16N2O2/c1-19-15-9-4-3-8-14(15)17(18-19)16(20)11-12-6-5-7-13(10-12)21-2/h3-10H,11H2,1-2H3. The molecule has 0 fully saturated rings. The van der Waals surface area contributed by atoms with E-state index in [1.54, 1.807) is 11.8 Å². The summed E-state index contributed by atoms with van der Waals surface area (Å²) in [5, 5.41) is 5.26. The van der Waals surface area contributed by atoms with Crippen molar-refractivity contribution in [3.63, 3.8) is 0 Å². The lowest BCUT2D eigenvalue weighted by Crippen LogP contribution is -2.05. The van der Waals surface area contributed by atoms with E-state index in [1.165, 1.54) is 0 Å². The van der Waals surface area contributed by atoms with E-state index in [2.05, 4.69) is 5.10 Å². The van der Waals surface area contributed by atoms with Crippen LogP contribution in [0.1, 0.15) is 16.1 Å². The molecule has 21 heavy (non-hydrogen) atoms. The molecule has 0 amide bonds. The summed E-state index contributed by atoms with van der Waals surface area (Å²) in [4.78, 5) is 12.5. The Bertz CT molecular complexity index is 805. The van der Waals surface area contributed by atoms with Gasteiger partial charge in [-0.25, -0.2) is 0 Å². The molecule has 3 rings (SSSR count). The third kappa shape index (κ3) is 2.52. The Morgan fingerprint density at radius 1 is 1.19 bits per heavy atom. The fourth-order valence-corrected chi connectivity index (χ4v) is 2.47. The molecule has 0 saturated heterocycles. The van der Waals surface area contributed by atoms with Crippen LogP contribution in [0.25, 0.3) is 10.9 Å². The van der Waals surface area contributed by atoms with Gasteiger partial charge in [0.15, 0.2) is 5.78 Å². The highest BCUT2D eigenvalue weighted by Crippen LogP contribution is 2.20. The van der Waals surface area contributed by atoms with Crippen LogP contribution in [0.4, 0.5) is 0 Å². The SMILES string of the molecule is COc1cccc(CC(=O)c2nn(C)c3ccccc23)c1. The second kappa shape index (κ2) is 5.40. The topological polar surface area (TPSA) is 44.1 Å². The monoisotopic (exact) mass is 280 g/mol. The number of aromatic nitrogens is 2. The summed E-state index contributed by atoms with van der Waals surface area (Å²) < 4.78 is 6.93. The van der Waals surface area contributed by atoms with Crippen LogP contribution in [0.2, 0.25) is 0 Å². The van der Waals surface area contributed by atoms with Crippen molar-refractivity contribution in [1.82, 2.24) is 9.78 Å². The first-order chi connectivity index (χ1) is 10.2. The Labute approximate surface area is 123 Å². The highest BCUT2D eigenvalue weighted by Gasteiger charge is 2.16. The molecule has 4 heteroatoms. The minimum atomic E-state index is 0.0139. The third-order valence-corrected chi connectivity index (χ3v) is 3.52. The number of benzene rings is 2. The highest BCUT2D eigenvalue weighted by atomic mass is 16.5. The number of Topliss-reactive ketones (excluding diaryl/α,β-unsaturated/α-hetero) is 1. The van der Waals surface area contributed by atoms with Crippen LogP contribution in [-0.2, 0) is 13.5 Å². The van der Waals surface area contributed by atoms with Crippen molar-refractivity contribution < 1.29 is 9.53 Å². The Kier molecular flexibility index (Phi) is 3.44. The van der Waals surface area contributed by atoms with E-state index >= 15 is 0 Å². The van der Waals surface area contributed by atoms with Gasteiger partial charge in [-0.1, -0.05) is 30.3 Å². The molecule has 0 saturated carbocycles. The van der Waals surface area contributed by atoms with Gasteiger partial charge in [-0.3, -0.25) is 9.48 Å². The number of ketones is 1. The van der Waals surface area contributed by atoms with E-state index < -0.39 is 0 Å². The molecular formula is C17H16N2O2. The second-order valence-corrected chi connectivity index (χ2v) is 4.94. The fourth-order valence-electron chi connectivity index (χ4n) is 2.47. The third-order valence-electron chi connectivity index (χ3n) is 3.52. The Morgan fingerprint density at radius 2 is 2.00 bits per heavy atom. The molecule has 4 nitrogen and oxygen atoms in total. The van der Waals surface area contributed by atoms with Crippen LogP contribution < -0.4 is 4.74 Å². The van der Waals surface area contributed by atoms with Crippen molar-refractivity contribution in [3.05, 3.63) is 59.8 Å². The van der Waals surface area contributed by atoms with Crippen molar-refractivity contribution in [1.29, 1.82) is 0 Å². The largest absolute Gasteiger partial charge is 0.497 e. The Hall–Kier alpha value is -2.62. The predicted molar refractivity (Wildman–Crippen MR) is 81.7 cm³/mol. The molecule has 0 aliphatic rings. The minimum Gasteiger partial charge on any atom is -0.497 e. The maximum atomic E-state index is 12.5. The van der Waals surface area contributed by atoms with Crippen molar-refractivity contribution in [2.45, 2.75) is 6.42 Å². The summed E-state index contributed by atoms with van der Waals surface area (Å²) in [7, 11) is 3.47. The zero-order valence-electron chi connectivity index (χ0n) is 12.0. The first kappa shape index (κ1) is 13.4. The van der Waals surface area contributed by atoms with Gasteiger partial charge < -0.3 is 4.74 Å². The number of fused-ring (bicyclic) bond motifs is 1. The van der Waals surface area contributed by atoms with E-state index in [1.807, 2.05) is 55.6 Å². The molecule has 0 aliphatic carbocycles. The quantitative estimate of drug-likeness (QED) is 0.690. The second-order valence-electron chi connectivity index (χ2n) is 4.94. The lowest BCUT2D eigenvalue weighted by Gasteiger charge is -2.03. The van der Waals surface area contributed by atoms with Gasteiger partial charge in [0.2, 0.25) is 0 Å². The minimum absolute atomic E-state index is 0.0139. The summed E-state index contributed by atoms with van der Waals surface area (Å²) in [6.07, 6.45) is 0.318. The molecule has 1 heterocycles. The van der Waals surface area contributed by atoms with Gasteiger partial charge in [0.25, 0.3) is 0 Å². The molecule has 0 aliphatic heterocycles. The summed E-state index contributed by atoms with van der Waals surface area (Å²) in [6, 6.07) is 15.3. The van der Waals surface area contributed by atoms with E-state index in [4.69, 9.17) is 4.74 Å². The molecule has 0 N–H and O–H groups in total. The van der Waals surface area contributed by atoms with E-state index in [9.17, 15) is 4.79 Å². The normalized spacial score (nSPS) is 10.8. The smallest absolute Gasteiger partial charge is 0.188 e. The molecule has 2 aromatic carbocycles. The number of carbonyl (C=O) groups is 1. The first-order valence-electron chi connectivity index (χ1n) is 6.77. The predicted octanol–water partition coefficient (Wildman–Crippen LogP) is 3.01. The summed E-state index contributed by atoms with van der Waals surface area (Å²) >= 11 is 0. The molecule has 0 atom stereocenters. The van der Waals surface area contributed by atoms with Gasteiger partial charge in [-0.15, -0.1) is 0 Å². The number of hydrogen-bond acceptors (Lipinski definition) is 3. The number of aryl methyl sites for hydroxylation is 1. The van der Waals surface area contributed by atoms with E-state index in [0.29, 0.717) is 12.1 Å². The number of methoxy groups -OCH3 is 1. The molecule has 1 aromatic heterocycles. The van der Waals surface area contributed by atoms with Crippen LogP contribution >= 0.6 is 0 Å². The zero-order chi connectivity index (χ0) is 14.8. The van der Waals surface area contributed by atoms with Crippen LogP contribution in [-0.4, -0.2) is 22.7 Å². The van der Waals surface area contributed by atoms with Crippen molar-refractivity contribution >= 4 is 16.7 Å². The Balaban J connectivity index is 1.94. The van der Waals surface area contributed by atoms with Crippen molar-refractivity contribution in [2.75, 3.05) is 7.11 Å². The molecule has 0 spiro atoms. The van der Waals surface area contributed by atoms with Gasteiger partial charge in [0.05, 0.1) is 12.6 Å². The molecule has 3 aromatic rings. The maximum Gasteiger partial charge on any atom is 0.188 e. The summed E-state index contributed by atoms with van der Waals surface area (Å²) in [5.74, 6) is 0.770. The van der Waals surface area contributed by atoms with Gasteiger partial charge in [0, 0.05) is 18.9 Å². The van der Waals surface area contributed by atoms with Crippen LogP contribution in [0.15, 0.2) is 48.5 Å². The summed E-state index contributed by atoms with van der Waals surface area (Å²) in [6.45, 7) is 0. The Morgan fingerprint density at radius 3 is 2.81 bits per heavy atom. The van der Waals surface area contributed by atoms with Crippen molar-refractivity contribution in [2.24, 2.45) is 7.05 Å². The lowest BCUT2D eigenvalue weighted by atomic mass is 10.0. The van der Waals surface area contributed by atoms with Crippen LogP contribution in [0.5, 0.6) is 5.75 Å². The van der Waals surface area contributed by atoms with Gasteiger partial charge >= 0.3 is 0 Å². The number of ether oxygens (including phenoxy) is 1. The number of hydrogen-bond donors (Lipinski definition) is 0. The maximum absolute atomic E-state index is 12.5. The molecule has 106 valence electrons. The molecule has 0 bridgehead atoms. The van der Waals surface area contributed by atoms with E-state index in [0.717, 1.165) is 22.2 Å². The summed E-state index contributed by atoms with van der Waals surface area (Å²) in [5.41, 5.74) is 2.41. The number of carbonyl (C=O) groups excluding carboxylic acids is 1. The average molecular weight is 280 g/mol. The van der Waals surface area contributed by atoms with Gasteiger partial charge in [0.1, 0.15) is 11.4 Å². The first-order valence-corrected chi connectivity index (χ1v) is 6.77. The average Bonchev–Trinajstić information content (AvgIpc) is 2.85. The van der Waals surface area contributed by atoms with Crippen LogP contribution in [0, 0.1) is 0 Å². The van der Waals surface area contributed by atoms with Gasteiger partial charge in [-0.05, 0) is 23.8 Å². The van der Waals surface area contributed by atoms with Crippen molar-refractivity contribution in [3.8, 4) is 5.75 Å². The number of para-hydroxylation sites is 1. The highest BCUT2D eigenvalue weighted by molar-refractivity contribution is 6.06. The lowest BCUT2D eigenvalue weighted by molar-refractivity contribution is 0.0989.